The predicted octanol–water partition coefficient (Wildman–Crippen LogP) is 3.92. The Hall–Kier alpha value is -3.54. The molecule has 1 saturated heterocycles. The van der Waals surface area contributed by atoms with Crippen LogP contribution in [0.2, 0.25) is 0 Å². The van der Waals surface area contributed by atoms with E-state index in [9.17, 15) is 13.2 Å². The molecule has 11 heteroatoms. The van der Waals surface area contributed by atoms with Crippen molar-refractivity contribution >= 4 is 21.0 Å². The van der Waals surface area contributed by atoms with Gasteiger partial charge in [-0.15, -0.1) is 0 Å². The summed E-state index contributed by atoms with van der Waals surface area (Å²) in [5, 5.41) is 4.94. The van der Waals surface area contributed by atoms with Crippen molar-refractivity contribution in [3.8, 4) is 16.9 Å². The van der Waals surface area contributed by atoms with E-state index < -0.39 is 16.2 Å². The highest BCUT2D eigenvalue weighted by atomic mass is 32.2. The van der Waals surface area contributed by atoms with E-state index >= 15 is 0 Å². The Kier molecular flexibility index (Phi) is 7.59. The number of rotatable bonds is 9. The van der Waals surface area contributed by atoms with Gasteiger partial charge in [-0.1, -0.05) is 18.2 Å². The SMILES string of the molecule is COc1cccc(C(CCOS(C)(=O)=O)n2cnc3ccc(-c4cnn(C5CCCCO5)c4)cc3c2=O)c1. The summed E-state index contributed by atoms with van der Waals surface area (Å²) in [4.78, 5) is 18.3. The summed E-state index contributed by atoms with van der Waals surface area (Å²) in [5.74, 6) is 0.625. The lowest BCUT2D eigenvalue weighted by Crippen LogP contribution is -2.27. The lowest BCUT2D eigenvalue weighted by atomic mass is 10.0. The Bertz CT molecular complexity index is 1590. The largest absolute Gasteiger partial charge is 0.497 e. The van der Waals surface area contributed by atoms with Crippen molar-refractivity contribution in [2.24, 2.45) is 0 Å². The third kappa shape index (κ3) is 5.79. The number of aromatic nitrogens is 4. The van der Waals surface area contributed by atoms with Crippen molar-refractivity contribution < 1.29 is 22.1 Å². The molecule has 200 valence electrons. The second kappa shape index (κ2) is 11.1. The maximum atomic E-state index is 13.8. The lowest BCUT2D eigenvalue weighted by molar-refractivity contribution is -0.0394. The summed E-state index contributed by atoms with van der Waals surface area (Å²) in [6.45, 7) is 0.637. The van der Waals surface area contributed by atoms with E-state index in [1.54, 1.807) is 19.4 Å². The smallest absolute Gasteiger partial charge is 0.264 e. The summed E-state index contributed by atoms with van der Waals surface area (Å²) in [6, 6.07) is 12.3. The fraction of sp³-hybridized carbons (Fsp3) is 0.370. The number of ether oxygens (including phenoxy) is 2. The molecule has 0 saturated carbocycles. The van der Waals surface area contributed by atoms with Crippen LogP contribution in [0.15, 0.2) is 66.0 Å². The first-order valence-corrected chi connectivity index (χ1v) is 14.3. The molecule has 2 aromatic heterocycles. The van der Waals surface area contributed by atoms with E-state index in [0.717, 1.165) is 48.8 Å². The van der Waals surface area contributed by atoms with Crippen LogP contribution in [0.5, 0.6) is 5.75 Å². The summed E-state index contributed by atoms with van der Waals surface area (Å²) in [7, 11) is -2.06. The molecule has 5 rings (SSSR count). The Labute approximate surface area is 220 Å². The molecular weight excluding hydrogens is 508 g/mol. The normalized spacial score (nSPS) is 16.9. The van der Waals surface area contributed by atoms with Gasteiger partial charge in [0, 0.05) is 18.4 Å². The molecule has 1 aliphatic rings. The number of benzene rings is 2. The number of nitrogens with zero attached hydrogens (tertiary/aromatic N) is 4. The van der Waals surface area contributed by atoms with Gasteiger partial charge in [0.15, 0.2) is 0 Å². The zero-order valence-corrected chi connectivity index (χ0v) is 22.1. The van der Waals surface area contributed by atoms with Gasteiger partial charge in [0.1, 0.15) is 12.0 Å². The molecule has 4 aromatic rings. The summed E-state index contributed by atoms with van der Waals surface area (Å²) < 4.78 is 42.7. The number of hydrogen-bond acceptors (Lipinski definition) is 8. The van der Waals surface area contributed by atoms with Gasteiger partial charge in [-0.2, -0.15) is 13.5 Å². The summed E-state index contributed by atoms with van der Waals surface area (Å²) >= 11 is 0. The molecule has 0 spiro atoms. The van der Waals surface area contributed by atoms with Crippen LogP contribution in [0.3, 0.4) is 0 Å². The molecule has 1 aliphatic heterocycles. The topological polar surface area (TPSA) is 115 Å². The minimum absolute atomic E-state index is 0.0744. The van der Waals surface area contributed by atoms with E-state index in [-0.39, 0.29) is 24.8 Å². The lowest BCUT2D eigenvalue weighted by Gasteiger charge is -2.22. The van der Waals surface area contributed by atoms with E-state index in [1.165, 1.54) is 10.9 Å². The van der Waals surface area contributed by atoms with Crippen LogP contribution in [0.25, 0.3) is 22.0 Å². The Morgan fingerprint density at radius 2 is 2.03 bits per heavy atom. The molecule has 10 nitrogen and oxygen atoms in total. The fourth-order valence-corrected chi connectivity index (χ4v) is 5.14. The van der Waals surface area contributed by atoms with Crippen molar-refractivity contribution in [3.63, 3.8) is 0 Å². The highest BCUT2D eigenvalue weighted by Gasteiger charge is 2.20. The molecule has 2 atom stereocenters. The Balaban J connectivity index is 1.52. The van der Waals surface area contributed by atoms with Crippen LogP contribution in [-0.4, -0.2) is 54.3 Å². The minimum Gasteiger partial charge on any atom is -0.497 e. The molecule has 0 bridgehead atoms. The first-order valence-electron chi connectivity index (χ1n) is 12.5. The number of fused-ring (bicyclic) bond motifs is 1. The third-order valence-corrected chi connectivity index (χ3v) is 7.27. The Morgan fingerprint density at radius 1 is 1.16 bits per heavy atom. The van der Waals surface area contributed by atoms with Gasteiger partial charge in [-0.3, -0.25) is 13.5 Å². The molecule has 3 heterocycles. The molecule has 0 radical (unpaired) electrons. The second-order valence-corrected chi connectivity index (χ2v) is 11.0. The van der Waals surface area contributed by atoms with Gasteiger partial charge in [0.25, 0.3) is 15.7 Å². The molecule has 38 heavy (non-hydrogen) atoms. The minimum atomic E-state index is -3.63. The van der Waals surface area contributed by atoms with Crippen LogP contribution in [0, 0.1) is 0 Å². The maximum Gasteiger partial charge on any atom is 0.264 e. The van der Waals surface area contributed by atoms with Crippen molar-refractivity contribution in [2.45, 2.75) is 38.0 Å². The van der Waals surface area contributed by atoms with Gasteiger partial charge < -0.3 is 9.47 Å². The zero-order valence-electron chi connectivity index (χ0n) is 21.3. The molecule has 2 aromatic carbocycles. The standard InChI is InChI=1S/C27H30N4O6S/c1-35-22-7-5-6-20(14-22)25(11-13-37-38(2,33)34)30-18-28-24-10-9-19(15-23(24)27(30)32)21-16-29-31(17-21)26-8-3-4-12-36-26/h5-7,9-10,14-18,25-26H,3-4,8,11-13H2,1-2H3. The highest BCUT2D eigenvalue weighted by molar-refractivity contribution is 7.85. The van der Waals surface area contributed by atoms with E-state index in [0.29, 0.717) is 16.7 Å². The number of hydrogen-bond donors (Lipinski definition) is 0. The van der Waals surface area contributed by atoms with Crippen LogP contribution in [0.4, 0.5) is 0 Å². The van der Waals surface area contributed by atoms with Gasteiger partial charge >= 0.3 is 0 Å². The van der Waals surface area contributed by atoms with Crippen LogP contribution < -0.4 is 10.3 Å². The van der Waals surface area contributed by atoms with Crippen LogP contribution in [-0.2, 0) is 19.0 Å². The number of methoxy groups -OCH3 is 1. The average molecular weight is 539 g/mol. The quantitative estimate of drug-likeness (QED) is 0.295. The molecule has 0 amide bonds. The van der Waals surface area contributed by atoms with Crippen molar-refractivity contribution in [1.29, 1.82) is 0 Å². The highest BCUT2D eigenvalue weighted by Crippen LogP contribution is 2.28. The van der Waals surface area contributed by atoms with Crippen molar-refractivity contribution in [3.05, 3.63) is 77.1 Å². The van der Waals surface area contributed by atoms with Crippen molar-refractivity contribution in [2.75, 3.05) is 26.6 Å². The zero-order chi connectivity index (χ0) is 26.7. The average Bonchev–Trinajstić information content (AvgIpc) is 3.42. The van der Waals surface area contributed by atoms with Gasteiger partial charge in [0.05, 0.1) is 49.4 Å². The second-order valence-electron chi connectivity index (χ2n) is 9.33. The molecule has 0 N–H and O–H groups in total. The van der Waals surface area contributed by atoms with Crippen LogP contribution >= 0.6 is 0 Å². The van der Waals surface area contributed by atoms with E-state index in [1.807, 2.05) is 47.3 Å². The third-order valence-electron chi connectivity index (χ3n) is 6.67. The van der Waals surface area contributed by atoms with Crippen LogP contribution in [0.1, 0.15) is 43.5 Å². The fourth-order valence-electron chi connectivity index (χ4n) is 4.74. The first-order chi connectivity index (χ1) is 18.3. The van der Waals surface area contributed by atoms with Gasteiger partial charge in [-0.05, 0) is 61.1 Å². The molecule has 0 aliphatic carbocycles. The Morgan fingerprint density at radius 3 is 2.79 bits per heavy atom. The predicted molar refractivity (Wildman–Crippen MR) is 143 cm³/mol. The maximum absolute atomic E-state index is 13.8. The van der Waals surface area contributed by atoms with E-state index in [2.05, 4.69) is 10.1 Å². The van der Waals surface area contributed by atoms with E-state index in [4.69, 9.17) is 13.7 Å². The monoisotopic (exact) mass is 538 g/mol. The first kappa shape index (κ1) is 26.1. The molecule has 2 unspecified atom stereocenters. The molecule has 1 fully saturated rings. The van der Waals surface area contributed by atoms with Gasteiger partial charge in [0.2, 0.25) is 0 Å². The van der Waals surface area contributed by atoms with Gasteiger partial charge in [-0.25, -0.2) is 9.67 Å². The summed E-state index contributed by atoms with van der Waals surface area (Å²) in [6.07, 6.45) is 9.45. The van der Waals surface area contributed by atoms with Crippen molar-refractivity contribution in [1.82, 2.24) is 19.3 Å². The molecular formula is C27H30N4O6S. The summed E-state index contributed by atoms with van der Waals surface area (Å²) in [5.41, 5.74) is 2.81.